The van der Waals surface area contributed by atoms with Crippen molar-refractivity contribution in [1.82, 2.24) is 5.32 Å². The van der Waals surface area contributed by atoms with Crippen LogP contribution in [0.25, 0.3) is 0 Å². The normalized spacial score (nSPS) is 11.2. The Morgan fingerprint density at radius 1 is 1.00 bits per heavy atom. The van der Waals surface area contributed by atoms with E-state index in [-0.39, 0.29) is 0 Å². The van der Waals surface area contributed by atoms with Crippen molar-refractivity contribution in [3.63, 3.8) is 0 Å². The first kappa shape index (κ1) is 16.2. The number of hydrogen-bond donors (Lipinski definition) is 1. The molecule has 0 radical (unpaired) electrons. The van der Waals surface area contributed by atoms with Gasteiger partial charge in [-0.2, -0.15) is 0 Å². The van der Waals surface area contributed by atoms with Crippen molar-refractivity contribution >= 4 is 11.6 Å². The Labute approximate surface area is 106 Å². The summed E-state index contributed by atoms with van der Waals surface area (Å²) in [7, 11) is 0. The lowest BCUT2D eigenvalue weighted by atomic mass is 10.1. The van der Waals surface area contributed by atoms with Gasteiger partial charge in [0.2, 0.25) is 0 Å². The van der Waals surface area contributed by atoms with Gasteiger partial charge in [-0.15, -0.1) is 11.6 Å². The molecule has 2 nitrogen and oxygen atoms in total. The van der Waals surface area contributed by atoms with E-state index in [0.717, 1.165) is 44.5 Å². The summed E-state index contributed by atoms with van der Waals surface area (Å²) in [6.45, 7) is 8.28. The van der Waals surface area contributed by atoms with E-state index in [2.05, 4.69) is 19.2 Å². The summed E-state index contributed by atoms with van der Waals surface area (Å²) in [6, 6.07) is 0. The fraction of sp³-hybridized carbons (Fsp3) is 1.00. The van der Waals surface area contributed by atoms with Gasteiger partial charge in [-0.3, -0.25) is 0 Å². The third-order valence-corrected chi connectivity index (χ3v) is 2.77. The minimum Gasteiger partial charge on any atom is -0.380 e. The van der Waals surface area contributed by atoms with Crippen LogP contribution < -0.4 is 5.32 Å². The molecule has 0 aliphatic heterocycles. The predicted molar refractivity (Wildman–Crippen MR) is 72.3 cm³/mol. The molecule has 0 unspecified atom stereocenters. The van der Waals surface area contributed by atoms with Crippen molar-refractivity contribution in [3.8, 4) is 0 Å². The molecule has 0 aromatic carbocycles. The molecule has 0 fully saturated rings. The van der Waals surface area contributed by atoms with Gasteiger partial charge < -0.3 is 10.1 Å². The second-order valence-electron chi connectivity index (χ2n) is 4.65. The minimum absolute atomic E-state index is 0.745. The Bertz CT molecular complexity index is 131. The fourth-order valence-electron chi connectivity index (χ4n) is 1.39. The summed E-state index contributed by atoms with van der Waals surface area (Å²) < 4.78 is 5.51. The maximum atomic E-state index is 5.60. The number of nitrogens with one attached hydrogen (secondary N) is 1. The molecular formula is C13H28ClNO. The number of ether oxygens (including phenoxy) is 1. The molecule has 0 spiro atoms. The summed E-state index contributed by atoms with van der Waals surface area (Å²) in [5.74, 6) is 1.55. The van der Waals surface area contributed by atoms with Gasteiger partial charge in [-0.25, -0.2) is 0 Å². The minimum atomic E-state index is 0.745. The van der Waals surface area contributed by atoms with Gasteiger partial charge in [0.1, 0.15) is 0 Å². The van der Waals surface area contributed by atoms with Crippen LogP contribution in [0.3, 0.4) is 0 Å². The molecule has 0 heterocycles. The van der Waals surface area contributed by atoms with E-state index in [9.17, 15) is 0 Å². The zero-order chi connectivity index (χ0) is 12.1. The van der Waals surface area contributed by atoms with Gasteiger partial charge in [0, 0.05) is 19.0 Å². The van der Waals surface area contributed by atoms with Crippen LogP contribution in [-0.2, 0) is 4.74 Å². The molecule has 0 rings (SSSR count). The van der Waals surface area contributed by atoms with Crippen molar-refractivity contribution in [1.29, 1.82) is 0 Å². The smallest absolute Gasteiger partial charge is 0.0590 e. The highest BCUT2D eigenvalue weighted by atomic mass is 35.5. The van der Waals surface area contributed by atoms with E-state index in [1.54, 1.807) is 0 Å². The van der Waals surface area contributed by atoms with E-state index in [4.69, 9.17) is 16.3 Å². The summed E-state index contributed by atoms with van der Waals surface area (Å²) in [5.41, 5.74) is 0. The lowest BCUT2D eigenvalue weighted by molar-refractivity contribution is 0.125. The fourth-order valence-corrected chi connectivity index (χ4v) is 1.58. The quantitative estimate of drug-likeness (QED) is 0.423. The Hall–Kier alpha value is 0.210. The van der Waals surface area contributed by atoms with Gasteiger partial charge in [-0.05, 0) is 31.7 Å². The number of rotatable bonds is 12. The number of unbranched alkanes of at least 4 members (excludes halogenated alkanes) is 3. The SMILES string of the molecule is CC(C)CCOCCNCCCCCCCl. The van der Waals surface area contributed by atoms with Crippen molar-refractivity contribution in [2.45, 2.75) is 46.0 Å². The first-order chi connectivity index (χ1) is 7.77. The Morgan fingerprint density at radius 3 is 2.44 bits per heavy atom. The van der Waals surface area contributed by atoms with E-state index >= 15 is 0 Å². The molecule has 3 heteroatoms. The maximum Gasteiger partial charge on any atom is 0.0590 e. The molecule has 1 N–H and O–H groups in total. The van der Waals surface area contributed by atoms with Gasteiger partial charge in [0.25, 0.3) is 0 Å². The predicted octanol–water partition coefficient (Wildman–Crippen LogP) is 3.44. The van der Waals surface area contributed by atoms with Crippen LogP contribution in [0.4, 0.5) is 0 Å². The Kier molecular flexibility index (Phi) is 13.4. The third kappa shape index (κ3) is 14.2. The van der Waals surface area contributed by atoms with Crippen LogP contribution in [0, 0.1) is 5.92 Å². The molecule has 16 heavy (non-hydrogen) atoms. The average molecular weight is 250 g/mol. The van der Waals surface area contributed by atoms with Crippen LogP contribution in [0.5, 0.6) is 0 Å². The van der Waals surface area contributed by atoms with Crippen LogP contribution >= 0.6 is 11.6 Å². The van der Waals surface area contributed by atoms with Gasteiger partial charge in [0.15, 0.2) is 0 Å². The van der Waals surface area contributed by atoms with Crippen molar-refractivity contribution < 1.29 is 4.74 Å². The molecule has 0 atom stereocenters. The lowest BCUT2D eigenvalue weighted by Gasteiger charge is -2.07. The average Bonchev–Trinajstić information content (AvgIpc) is 2.25. The molecule has 0 bridgehead atoms. The maximum absolute atomic E-state index is 5.60. The molecule has 0 aliphatic carbocycles. The van der Waals surface area contributed by atoms with E-state index in [1.807, 2.05) is 0 Å². The number of alkyl halides is 1. The second kappa shape index (κ2) is 13.3. The highest BCUT2D eigenvalue weighted by Crippen LogP contribution is 2.00. The number of halogens is 1. The van der Waals surface area contributed by atoms with Gasteiger partial charge in [0.05, 0.1) is 6.61 Å². The summed E-state index contributed by atoms with van der Waals surface area (Å²) in [5, 5.41) is 3.39. The highest BCUT2D eigenvalue weighted by molar-refractivity contribution is 6.17. The molecule has 0 aromatic rings. The molecule has 0 saturated carbocycles. The molecule has 0 aliphatic rings. The highest BCUT2D eigenvalue weighted by Gasteiger charge is 1.94. The topological polar surface area (TPSA) is 21.3 Å². The summed E-state index contributed by atoms with van der Waals surface area (Å²) in [6.07, 6.45) is 6.12. The van der Waals surface area contributed by atoms with Crippen molar-refractivity contribution in [2.75, 3.05) is 32.2 Å². The largest absolute Gasteiger partial charge is 0.380 e. The molecular weight excluding hydrogens is 222 g/mol. The van der Waals surface area contributed by atoms with Crippen LogP contribution in [0.15, 0.2) is 0 Å². The van der Waals surface area contributed by atoms with Crippen LogP contribution in [0.1, 0.15) is 46.0 Å². The van der Waals surface area contributed by atoms with Crippen LogP contribution in [0.2, 0.25) is 0 Å². The monoisotopic (exact) mass is 249 g/mol. The first-order valence-corrected chi connectivity index (χ1v) is 7.15. The van der Waals surface area contributed by atoms with E-state index < -0.39 is 0 Å². The number of hydrogen-bond acceptors (Lipinski definition) is 2. The van der Waals surface area contributed by atoms with Gasteiger partial charge in [-0.1, -0.05) is 26.7 Å². The summed E-state index contributed by atoms with van der Waals surface area (Å²) in [4.78, 5) is 0. The third-order valence-electron chi connectivity index (χ3n) is 2.50. The van der Waals surface area contributed by atoms with E-state index in [1.165, 1.54) is 25.7 Å². The molecule has 0 amide bonds. The zero-order valence-electron chi connectivity index (χ0n) is 10.9. The van der Waals surface area contributed by atoms with Crippen LogP contribution in [-0.4, -0.2) is 32.2 Å². The van der Waals surface area contributed by atoms with E-state index in [0.29, 0.717) is 0 Å². The standard InChI is InChI=1S/C13H28ClNO/c1-13(2)7-11-16-12-10-15-9-6-4-3-5-8-14/h13,15H,3-12H2,1-2H3. The Morgan fingerprint density at radius 2 is 1.75 bits per heavy atom. The van der Waals surface area contributed by atoms with Gasteiger partial charge >= 0.3 is 0 Å². The van der Waals surface area contributed by atoms with Crippen molar-refractivity contribution in [3.05, 3.63) is 0 Å². The molecule has 0 saturated heterocycles. The zero-order valence-corrected chi connectivity index (χ0v) is 11.7. The second-order valence-corrected chi connectivity index (χ2v) is 5.03. The Balaban J connectivity index is 2.88. The first-order valence-electron chi connectivity index (χ1n) is 6.61. The van der Waals surface area contributed by atoms with Crippen molar-refractivity contribution in [2.24, 2.45) is 5.92 Å². The molecule has 0 aromatic heterocycles. The summed E-state index contributed by atoms with van der Waals surface area (Å²) >= 11 is 5.60. The molecule has 98 valence electrons. The lowest BCUT2D eigenvalue weighted by Crippen LogP contribution is -2.21.